The molecule has 0 saturated heterocycles. The first-order chi connectivity index (χ1) is 15.4. The van der Waals surface area contributed by atoms with E-state index in [1.807, 2.05) is 6.07 Å². The Morgan fingerprint density at radius 3 is 1.65 bits per heavy atom. The molecule has 0 fully saturated rings. The maximum atomic E-state index is 3.37. The van der Waals surface area contributed by atoms with Crippen molar-refractivity contribution in [3.63, 3.8) is 0 Å². The minimum Gasteiger partial charge on any atom is -1.00 e. The summed E-state index contributed by atoms with van der Waals surface area (Å²) in [5, 5.41) is 5.39. The SMILES string of the molecule is CC1=[C-]C(C)C=C1C(C)C.C[C](=[Zr+2])c1ccccc1.[Cl-].[Cl-].c1ccc2c(c1)[cH-]c1ccccc12. The maximum Gasteiger partial charge on any atom is -0.0771 e. The molecule has 0 saturated carbocycles. The van der Waals surface area contributed by atoms with Gasteiger partial charge in [0, 0.05) is 0 Å². The van der Waals surface area contributed by atoms with Crippen LogP contribution >= 0.6 is 0 Å². The van der Waals surface area contributed by atoms with E-state index in [1.165, 1.54) is 65.7 Å². The smallest absolute Gasteiger partial charge is 0.0771 e. The van der Waals surface area contributed by atoms with Crippen LogP contribution in [0.2, 0.25) is 0 Å². The van der Waals surface area contributed by atoms with E-state index in [9.17, 15) is 0 Å². The van der Waals surface area contributed by atoms with Gasteiger partial charge in [0.2, 0.25) is 0 Å². The second kappa shape index (κ2) is 14.7. The molecule has 1 aliphatic carbocycles. The molecule has 176 valence electrons. The molecule has 4 aromatic carbocycles. The number of rotatable bonds is 2. The van der Waals surface area contributed by atoms with Crippen LogP contribution in [0.25, 0.3) is 21.5 Å². The molecule has 0 bridgehead atoms. The molecule has 0 radical (unpaired) electrons. The van der Waals surface area contributed by atoms with Gasteiger partial charge in [-0.1, -0.05) is 75.9 Å². The van der Waals surface area contributed by atoms with Crippen LogP contribution in [0, 0.1) is 17.9 Å². The Morgan fingerprint density at radius 2 is 1.29 bits per heavy atom. The van der Waals surface area contributed by atoms with Crippen LogP contribution in [-0.2, 0) is 24.2 Å². The molecule has 0 heterocycles. The number of halogens is 2. The van der Waals surface area contributed by atoms with E-state index in [0.29, 0.717) is 11.8 Å². The van der Waals surface area contributed by atoms with E-state index >= 15 is 0 Å². The van der Waals surface area contributed by atoms with Crippen molar-refractivity contribution < 1.29 is 49.0 Å². The molecular formula is C31H32Cl2Zr-2. The Balaban J connectivity index is 0.000000253. The minimum absolute atomic E-state index is 0. The molecule has 3 heteroatoms. The Kier molecular flexibility index (Phi) is 13.1. The van der Waals surface area contributed by atoms with Gasteiger partial charge in [-0.05, 0) is 0 Å². The van der Waals surface area contributed by atoms with Crippen molar-refractivity contribution in [1.29, 1.82) is 0 Å². The van der Waals surface area contributed by atoms with Gasteiger partial charge < -0.3 is 24.8 Å². The van der Waals surface area contributed by atoms with Gasteiger partial charge in [0.25, 0.3) is 0 Å². The van der Waals surface area contributed by atoms with E-state index < -0.39 is 0 Å². The molecule has 0 aliphatic heterocycles. The molecule has 5 rings (SSSR count). The molecule has 0 nitrogen and oxygen atoms in total. The molecule has 0 N–H and O–H groups in total. The monoisotopic (exact) mass is 564 g/mol. The summed E-state index contributed by atoms with van der Waals surface area (Å²) in [5.74, 6) is 1.20. The van der Waals surface area contributed by atoms with Crippen LogP contribution in [0.15, 0.2) is 102 Å². The van der Waals surface area contributed by atoms with Crippen LogP contribution in [0.4, 0.5) is 0 Å². The van der Waals surface area contributed by atoms with Gasteiger partial charge in [-0.25, -0.2) is 5.57 Å². The van der Waals surface area contributed by atoms with Crippen molar-refractivity contribution in [2.24, 2.45) is 11.8 Å². The van der Waals surface area contributed by atoms with Gasteiger partial charge in [0.15, 0.2) is 0 Å². The summed E-state index contributed by atoms with van der Waals surface area (Å²) in [6.45, 7) is 11.0. The summed E-state index contributed by atoms with van der Waals surface area (Å²) < 4.78 is 1.46. The van der Waals surface area contributed by atoms with Crippen molar-refractivity contribution >= 4 is 24.8 Å². The van der Waals surface area contributed by atoms with Gasteiger partial charge in [0.1, 0.15) is 0 Å². The quantitative estimate of drug-likeness (QED) is 0.327. The fraction of sp³-hybridized carbons (Fsp3) is 0.226. The topological polar surface area (TPSA) is 0 Å². The van der Waals surface area contributed by atoms with Gasteiger partial charge in [-0.2, -0.15) is 11.6 Å². The van der Waals surface area contributed by atoms with Crippen molar-refractivity contribution in [2.45, 2.75) is 34.6 Å². The molecule has 0 amide bonds. The van der Waals surface area contributed by atoms with Crippen LogP contribution in [0.1, 0.15) is 40.2 Å². The number of hydrogen-bond donors (Lipinski definition) is 0. The Bertz CT molecular complexity index is 1200. The van der Waals surface area contributed by atoms with Gasteiger partial charge in [0.05, 0.1) is 0 Å². The van der Waals surface area contributed by atoms with E-state index in [1.54, 1.807) is 0 Å². The molecular weight excluding hydrogens is 534 g/mol. The average molecular weight is 567 g/mol. The number of allylic oxidation sites excluding steroid dienone is 4. The van der Waals surface area contributed by atoms with Crippen molar-refractivity contribution in [2.75, 3.05) is 0 Å². The molecule has 1 aliphatic rings. The summed E-state index contributed by atoms with van der Waals surface area (Å²) in [6.07, 6.45) is 5.68. The van der Waals surface area contributed by atoms with Crippen molar-refractivity contribution in [3.8, 4) is 0 Å². The number of fused-ring (bicyclic) bond motifs is 3. The zero-order valence-electron chi connectivity index (χ0n) is 20.6. The Hall–Kier alpha value is -1.66. The largest absolute Gasteiger partial charge is 1.00 e. The predicted molar refractivity (Wildman–Crippen MR) is 138 cm³/mol. The van der Waals surface area contributed by atoms with Crippen molar-refractivity contribution in [3.05, 3.63) is 114 Å². The first kappa shape index (κ1) is 30.4. The summed E-state index contributed by atoms with van der Waals surface area (Å²) >= 11 is 1.51. The van der Waals surface area contributed by atoms with Crippen LogP contribution in [0.5, 0.6) is 0 Å². The first-order valence-electron chi connectivity index (χ1n) is 11.3. The van der Waals surface area contributed by atoms with E-state index in [2.05, 4.69) is 126 Å². The van der Waals surface area contributed by atoms with Crippen LogP contribution in [0.3, 0.4) is 0 Å². The standard InChI is InChI=1S/C13H9.C10H15.C8H8.2ClH.Zr/c1-3-7-12-10(5-1)9-11-6-2-4-8-13(11)12;1-7(2)10-6-8(3)5-9(10)4;1-2-8-6-4-3-5-7-8;;;/h1-9H;6-8H,1-4H3;3-7H,1H3;2*1H;/q2*-1;;;;+2/p-2. The minimum atomic E-state index is 0. The van der Waals surface area contributed by atoms with E-state index in [-0.39, 0.29) is 24.8 Å². The predicted octanol–water partition coefficient (Wildman–Crippen LogP) is 2.46. The normalized spacial score (nSPS) is 14.1. The molecule has 0 aromatic heterocycles. The third-order valence-electron chi connectivity index (χ3n) is 5.66. The summed E-state index contributed by atoms with van der Waals surface area (Å²) in [6, 6.07) is 29.7. The van der Waals surface area contributed by atoms with Gasteiger partial charge in [-0.15, -0.1) is 39.7 Å². The molecule has 1 atom stereocenters. The fourth-order valence-corrected chi connectivity index (χ4v) is 4.49. The third-order valence-corrected chi connectivity index (χ3v) is 6.37. The summed E-state index contributed by atoms with van der Waals surface area (Å²) in [5.41, 5.74) is 4.20. The molecule has 1 unspecified atom stereocenters. The van der Waals surface area contributed by atoms with Crippen LogP contribution < -0.4 is 24.8 Å². The van der Waals surface area contributed by atoms with Crippen molar-refractivity contribution in [1.82, 2.24) is 0 Å². The maximum absolute atomic E-state index is 3.37. The Morgan fingerprint density at radius 1 is 0.824 bits per heavy atom. The summed E-state index contributed by atoms with van der Waals surface area (Å²) in [7, 11) is 0. The fourth-order valence-electron chi connectivity index (χ4n) is 4.08. The zero-order chi connectivity index (χ0) is 23.1. The third kappa shape index (κ3) is 8.23. The molecule has 0 spiro atoms. The van der Waals surface area contributed by atoms with Gasteiger partial charge in [-0.3, -0.25) is 6.08 Å². The summed E-state index contributed by atoms with van der Waals surface area (Å²) in [4.78, 5) is 0. The number of hydrogen-bond acceptors (Lipinski definition) is 0. The average Bonchev–Trinajstić information content (AvgIpc) is 3.34. The van der Waals surface area contributed by atoms with E-state index in [0.717, 1.165) is 0 Å². The van der Waals surface area contributed by atoms with Gasteiger partial charge >= 0.3 is 70.3 Å². The van der Waals surface area contributed by atoms with E-state index in [4.69, 9.17) is 0 Å². The zero-order valence-corrected chi connectivity index (χ0v) is 24.5. The molecule has 34 heavy (non-hydrogen) atoms. The second-order valence-electron chi connectivity index (χ2n) is 8.64. The molecule has 4 aromatic rings. The van der Waals surface area contributed by atoms with Crippen LogP contribution in [-0.4, -0.2) is 3.21 Å². The second-order valence-corrected chi connectivity index (χ2v) is 10.5. The number of benzene rings is 3. The first-order valence-corrected chi connectivity index (χ1v) is 12.6. The Labute approximate surface area is 232 Å².